The summed E-state index contributed by atoms with van der Waals surface area (Å²) < 4.78 is 16.1. The second-order valence-electron chi connectivity index (χ2n) is 14.9. The maximum Gasteiger partial charge on any atom is 0.279 e. The lowest BCUT2D eigenvalue weighted by Crippen LogP contribution is -2.51. The van der Waals surface area contributed by atoms with Crippen LogP contribution in [0.2, 0.25) is 23.7 Å². The van der Waals surface area contributed by atoms with Gasteiger partial charge < -0.3 is 19.5 Å². The molecule has 1 fully saturated rings. The maximum atomic E-state index is 15.3. The molecule has 2 aromatic heterocycles. The van der Waals surface area contributed by atoms with Crippen molar-refractivity contribution in [2.24, 2.45) is 5.92 Å². The number of aromatic nitrogens is 5. The molecule has 2 aliphatic rings. The number of nitrogens with zero attached hydrogens (tertiary/aromatic N) is 5. The monoisotopic (exact) mass is 762 g/mol. The van der Waals surface area contributed by atoms with Crippen molar-refractivity contribution < 1.29 is 19.4 Å². The number of amides is 1. The predicted molar refractivity (Wildman–Crippen MR) is 212 cm³/mol. The van der Waals surface area contributed by atoms with Crippen molar-refractivity contribution in [3.8, 4) is 11.4 Å². The highest BCUT2D eigenvalue weighted by molar-refractivity contribution is 6.91. The number of H-pyrrole nitrogens is 1. The van der Waals surface area contributed by atoms with E-state index in [1.54, 1.807) is 16.5 Å². The van der Waals surface area contributed by atoms with Crippen molar-refractivity contribution in [1.29, 1.82) is 0 Å². The van der Waals surface area contributed by atoms with Gasteiger partial charge in [0, 0.05) is 42.3 Å². The van der Waals surface area contributed by atoms with Gasteiger partial charge >= 0.3 is 0 Å². The highest BCUT2D eigenvalue weighted by Gasteiger charge is 2.66. The van der Waals surface area contributed by atoms with Crippen molar-refractivity contribution in [3.63, 3.8) is 0 Å². The second kappa shape index (κ2) is 14.0. The first-order chi connectivity index (χ1) is 26.0. The molecule has 13 heteroatoms. The van der Waals surface area contributed by atoms with Crippen LogP contribution in [0.4, 0.5) is 5.69 Å². The van der Waals surface area contributed by atoms with E-state index in [2.05, 4.69) is 47.6 Å². The lowest BCUT2D eigenvalue weighted by molar-refractivity contribution is -0.146. The van der Waals surface area contributed by atoms with E-state index in [9.17, 15) is 9.90 Å². The zero-order valence-corrected chi connectivity index (χ0v) is 32.5. The van der Waals surface area contributed by atoms with E-state index >= 15 is 4.79 Å². The molecule has 0 radical (unpaired) electrons. The van der Waals surface area contributed by atoms with E-state index in [-0.39, 0.29) is 42.2 Å². The number of halogens is 1. The summed E-state index contributed by atoms with van der Waals surface area (Å²) >= 11 is 6.72. The number of hydrogen-bond acceptors (Lipinski definition) is 7. The molecule has 54 heavy (non-hydrogen) atoms. The first kappa shape index (κ1) is 36.0. The average Bonchev–Trinajstić information content (AvgIpc) is 3.91. The van der Waals surface area contributed by atoms with Gasteiger partial charge in [-0.15, -0.1) is 5.10 Å². The molecule has 8 rings (SSSR count). The van der Waals surface area contributed by atoms with Crippen LogP contribution >= 0.6 is 11.6 Å². The molecule has 1 saturated heterocycles. The van der Waals surface area contributed by atoms with E-state index in [0.29, 0.717) is 35.5 Å². The Balaban J connectivity index is 1.17. The van der Waals surface area contributed by atoms with Crippen LogP contribution in [0.25, 0.3) is 16.6 Å². The van der Waals surface area contributed by atoms with Crippen LogP contribution in [0.5, 0.6) is 5.75 Å². The number of carbonyl (C=O) groups excluding carboxylic acids is 1. The Kier molecular flexibility index (Phi) is 9.33. The number of aryl methyl sites for hydroxylation is 1. The average molecular weight is 763 g/mol. The molecular formula is C41H43ClN6O5Si. The van der Waals surface area contributed by atoms with Crippen LogP contribution in [-0.4, -0.2) is 63.7 Å². The van der Waals surface area contributed by atoms with E-state index in [1.165, 1.54) is 5.19 Å². The maximum absolute atomic E-state index is 15.3. The molecule has 1 amide bonds. The number of para-hydroxylation sites is 1. The summed E-state index contributed by atoms with van der Waals surface area (Å²) in [6.07, 6.45) is 2.61. The summed E-state index contributed by atoms with van der Waals surface area (Å²) in [4.78, 5) is 30.4. The number of nitrogens with one attached hydrogen (secondary N) is 1. The standard InChI is InChI=1S/C41H43ClN6O5Si/c1-26-38(54(3,4)32-15-13-31(52-2)14-16-32)37(18-20-46-25-29(19-21-49)43-45-46)53-41(26)34-23-28(42)12-17-36(34)47(40(41)51)24-27-8-7-9-30(22-27)48-39(50)33-10-5-6-11-35(33)44-48/h5-17,22-23,25-26,37-38,44,49H,18-21,24H2,1-4H3/t26-,37+,38-,41+/m1/s1. The Morgan fingerprint density at radius 1 is 1.02 bits per heavy atom. The number of fused-ring (bicyclic) bond motifs is 3. The molecule has 0 unspecified atom stereocenters. The van der Waals surface area contributed by atoms with Gasteiger partial charge in [-0.05, 0) is 72.1 Å². The quantitative estimate of drug-likeness (QED) is 0.156. The van der Waals surface area contributed by atoms with Crippen molar-refractivity contribution in [2.45, 2.75) is 63.2 Å². The lowest BCUT2D eigenvalue weighted by Gasteiger charge is -2.37. The van der Waals surface area contributed by atoms with Crippen molar-refractivity contribution in [2.75, 3.05) is 18.6 Å². The number of hydrogen-bond donors (Lipinski definition) is 2. The van der Waals surface area contributed by atoms with E-state index < -0.39 is 13.7 Å². The fourth-order valence-corrected chi connectivity index (χ4v) is 13.1. The van der Waals surface area contributed by atoms with Gasteiger partial charge in [-0.25, -0.2) is 4.68 Å². The number of aliphatic hydroxyl groups is 1. The Morgan fingerprint density at radius 3 is 2.57 bits per heavy atom. The van der Waals surface area contributed by atoms with Crippen LogP contribution in [0.15, 0.2) is 102 Å². The number of ether oxygens (including phenoxy) is 2. The minimum Gasteiger partial charge on any atom is -0.497 e. The summed E-state index contributed by atoms with van der Waals surface area (Å²) in [6.45, 7) is 7.68. The first-order valence-corrected chi connectivity index (χ1v) is 21.7. The fraction of sp³-hybridized carbons (Fsp3) is 0.317. The number of carbonyl (C=O) groups is 1. The van der Waals surface area contributed by atoms with Crippen molar-refractivity contribution >= 4 is 47.4 Å². The molecular weight excluding hydrogens is 720 g/mol. The fourth-order valence-electron chi connectivity index (χ4n) is 8.87. The van der Waals surface area contributed by atoms with Crippen molar-refractivity contribution in [1.82, 2.24) is 24.8 Å². The molecule has 0 saturated carbocycles. The van der Waals surface area contributed by atoms with Crippen LogP contribution in [0, 0.1) is 5.92 Å². The van der Waals surface area contributed by atoms with Gasteiger partial charge in [-0.1, -0.05) is 78.4 Å². The molecule has 0 aliphatic carbocycles. The van der Waals surface area contributed by atoms with Gasteiger partial charge in [-0.2, -0.15) is 0 Å². The normalized spacial score (nSPS) is 21.0. The highest BCUT2D eigenvalue weighted by Crippen LogP contribution is 2.60. The Labute approximate surface area is 319 Å². The molecule has 1 spiro atoms. The minimum atomic E-state index is -2.37. The molecule has 0 bridgehead atoms. The number of aliphatic hydroxyl groups excluding tert-OH is 1. The zero-order chi connectivity index (χ0) is 37.8. The predicted octanol–water partition coefficient (Wildman–Crippen LogP) is 5.96. The second-order valence-corrected chi connectivity index (χ2v) is 20.0. The molecule has 4 atom stereocenters. The van der Waals surface area contributed by atoms with Crippen LogP contribution < -0.4 is 20.4 Å². The summed E-state index contributed by atoms with van der Waals surface area (Å²) in [7, 11) is -0.706. The van der Waals surface area contributed by atoms with E-state index in [1.807, 2.05) is 90.0 Å². The van der Waals surface area contributed by atoms with Gasteiger partial charge in [0.25, 0.3) is 11.5 Å². The first-order valence-electron chi connectivity index (χ1n) is 18.3. The summed E-state index contributed by atoms with van der Waals surface area (Å²) in [6, 6.07) is 29.1. The van der Waals surface area contributed by atoms with Gasteiger partial charge in [0.1, 0.15) is 5.75 Å². The Bertz CT molecular complexity index is 2410. The number of aromatic amines is 1. The van der Waals surface area contributed by atoms with Crippen LogP contribution in [0.1, 0.15) is 30.2 Å². The van der Waals surface area contributed by atoms with Crippen LogP contribution in [0.3, 0.4) is 0 Å². The number of rotatable bonds is 11. The highest BCUT2D eigenvalue weighted by atomic mass is 35.5. The molecule has 2 N–H and O–H groups in total. The van der Waals surface area contributed by atoms with Gasteiger partial charge in [0.2, 0.25) is 0 Å². The smallest absolute Gasteiger partial charge is 0.279 e. The molecule has 6 aromatic rings. The summed E-state index contributed by atoms with van der Waals surface area (Å²) in [5.41, 5.74) is 3.17. The molecule has 278 valence electrons. The molecule has 11 nitrogen and oxygen atoms in total. The molecule has 4 heterocycles. The van der Waals surface area contributed by atoms with Crippen LogP contribution in [-0.2, 0) is 34.6 Å². The van der Waals surface area contributed by atoms with Gasteiger partial charge in [0.15, 0.2) is 5.60 Å². The third-order valence-electron chi connectivity index (χ3n) is 11.5. The minimum absolute atomic E-state index is 0.000591. The Morgan fingerprint density at radius 2 is 1.81 bits per heavy atom. The van der Waals surface area contributed by atoms with Gasteiger partial charge in [0.05, 0.1) is 55.8 Å². The number of benzene rings is 4. The number of methoxy groups -OCH3 is 1. The molecule has 4 aromatic carbocycles. The summed E-state index contributed by atoms with van der Waals surface area (Å²) in [5.74, 6) is 0.456. The van der Waals surface area contributed by atoms with E-state index in [0.717, 1.165) is 33.8 Å². The van der Waals surface area contributed by atoms with Gasteiger partial charge in [-0.3, -0.25) is 19.4 Å². The third-order valence-corrected chi connectivity index (χ3v) is 16.1. The SMILES string of the molecule is COc1ccc([Si](C)(C)[C@H]2[C@H](CCn3cc(CCO)nn3)O[C@@]3(C(=O)N(Cc4cccc(-n5[nH]c6ccccc6c5=O)c4)c4ccc(Cl)cc43)[C@@H]2C)cc1. The lowest BCUT2D eigenvalue weighted by atomic mass is 9.82. The molecule has 2 aliphatic heterocycles. The number of anilines is 1. The Hall–Kier alpha value is -5.01. The topological polar surface area (TPSA) is 127 Å². The third kappa shape index (κ3) is 5.97. The van der Waals surface area contributed by atoms with Crippen molar-refractivity contribution in [3.05, 3.63) is 129 Å². The summed E-state index contributed by atoms with van der Waals surface area (Å²) in [5, 5.41) is 23.6. The van der Waals surface area contributed by atoms with E-state index in [4.69, 9.17) is 21.1 Å². The largest absolute Gasteiger partial charge is 0.497 e. The zero-order valence-electron chi connectivity index (χ0n) is 30.7.